The highest BCUT2D eigenvalue weighted by atomic mass is 32.2. The zero-order valence-electron chi connectivity index (χ0n) is 15.2. The van der Waals surface area contributed by atoms with E-state index < -0.39 is 10.0 Å². The second-order valence-electron chi connectivity index (χ2n) is 6.58. The van der Waals surface area contributed by atoms with E-state index in [1.54, 1.807) is 12.1 Å². The zero-order chi connectivity index (χ0) is 18.4. The van der Waals surface area contributed by atoms with Crippen LogP contribution in [0.3, 0.4) is 0 Å². The van der Waals surface area contributed by atoms with Crippen LogP contribution >= 0.6 is 0 Å². The van der Waals surface area contributed by atoms with Gasteiger partial charge in [-0.25, -0.2) is 13.1 Å². The quantitative estimate of drug-likeness (QED) is 0.749. The first-order valence-electron chi connectivity index (χ1n) is 8.63. The first-order chi connectivity index (χ1) is 11.8. The number of piperazine rings is 1. The molecule has 8 heteroatoms. The van der Waals surface area contributed by atoms with Crippen molar-refractivity contribution in [2.24, 2.45) is 0 Å². The first-order valence-corrected chi connectivity index (χ1v) is 10.1. The molecule has 1 amide bonds. The van der Waals surface area contributed by atoms with E-state index >= 15 is 0 Å². The van der Waals surface area contributed by atoms with E-state index in [1.807, 2.05) is 13.8 Å². The third kappa shape index (κ3) is 6.07. The van der Waals surface area contributed by atoms with Crippen LogP contribution in [0.2, 0.25) is 0 Å². The molecule has 140 valence electrons. The van der Waals surface area contributed by atoms with Crippen LogP contribution in [0.25, 0.3) is 0 Å². The summed E-state index contributed by atoms with van der Waals surface area (Å²) in [4.78, 5) is 16.7. The normalized spacial score (nSPS) is 18.0. The summed E-state index contributed by atoms with van der Waals surface area (Å²) >= 11 is 0. The van der Waals surface area contributed by atoms with Crippen LogP contribution in [-0.4, -0.2) is 69.9 Å². The van der Waals surface area contributed by atoms with Crippen molar-refractivity contribution in [1.82, 2.24) is 14.5 Å². The number of carbonyl (C=O) groups is 1. The SMILES string of the molecule is CC[C@H](C)NS(=O)(=O)c1ccc(NC(=O)CN2CCN(C)CC2)cc1. The Kier molecular flexibility index (Phi) is 6.95. The average Bonchev–Trinajstić information content (AvgIpc) is 2.57. The third-order valence-electron chi connectivity index (χ3n) is 4.38. The van der Waals surface area contributed by atoms with Gasteiger partial charge in [0.25, 0.3) is 0 Å². The predicted octanol–water partition coefficient (Wildman–Crippen LogP) is 0.949. The van der Waals surface area contributed by atoms with E-state index in [0.717, 1.165) is 32.6 Å². The van der Waals surface area contributed by atoms with Gasteiger partial charge in [0.05, 0.1) is 11.4 Å². The lowest BCUT2D eigenvalue weighted by molar-refractivity contribution is -0.117. The van der Waals surface area contributed by atoms with Gasteiger partial charge in [-0.3, -0.25) is 9.69 Å². The maximum Gasteiger partial charge on any atom is 0.240 e. The van der Waals surface area contributed by atoms with Gasteiger partial charge in [-0.15, -0.1) is 0 Å². The van der Waals surface area contributed by atoms with E-state index in [4.69, 9.17) is 0 Å². The molecule has 25 heavy (non-hydrogen) atoms. The minimum absolute atomic E-state index is 0.0853. The van der Waals surface area contributed by atoms with Gasteiger partial charge in [0.15, 0.2) is 0 Å². The van der Waals surface area contributed by atoms with Gasteiger partial charge in [-0.05, 0) is 44.7 Å². The van der Waals surface area contributed by atoms with E-state index in [-0.39, 0.29) is 16.8 Å². The number of nitrogens with zero attached hydrogens (tertiary/aromatic N) is 2. The molecule has 0 aromatic heterocycles. The van der Waals surface area contributed by atoms with Crippen LogP contribution in [0.5, 0.6) is 0 Å². The first kappa shape index (κ1) is 19.8. The molecular formula is C17H28N4O3S. The highest BCUT2D eigenvalue weighted by molar-refractivity contribution is 7.89. The predicted molar refractivity (Wildman–Crippen MR) is 99.1 cm³/mol. The third-order valence-corrected chi connectivity index (χ3v) is 5.99. The number of amides is 1. The number of likely N-dealkylation sites (N-methyl/N-ethyl adjacent to an activating group) is 1. The molecule has 1 aromatic rings. The van der Waals surface area contributed by atoms with Crippen molar-refractivity contribution in [1.29, 1.82) is 0 Å². The van der Waals surface area contributed by atoms with Gasteiger partial charge in [0.1, 0.15) is 0 Å². The van der Waals surface area contributed by atoms with Gasteiger partial charge in [0.2, 0.25) is 15.9 Å². The second kappa shape index (κ2) is 8.75. The molecule has 1 fully saturated rings. The van der Waals surface area contributed by atoms with Crippen molar-refractivity contribution in [2.45, 2.75) is 31.2 Å². The molecule has 7 nitrogen and oxygen atoms in total. The summed E-state index contributed by atoms with van der Waals surface area (Å²) in [5.74, 6) is -0.0853. The van der Waals surface area contributed by atoms with Crippen molar-refractivity contribution < 1.29 is 13.2 Å². The lowest BCUT2D eigenvalue weighted by Gasteiger charge is -2.31. The molecule has 0 bridgehead atoms. The number of sulfonamides is 1. The fourth-order valence-electron chi connectivity index (χ4n) is 2.54. The fraction of sp³-hybridized carbons (Fsp3) is 0.588. The monoisotopic (exact) mass is 368 g/mol. The van der Waals surface area contributed by atoms with Gasteiger partial charge in [-0.1, -0.05) is 6.92 Å². The molecule has 0 spiro atoms. The Morgan fingerprint density at radius 1 is 1.16 bits per heavy atom. The van der Waals surface area contributed by atoms with Crippen LogP contribution in [0.1, 0.15) is 20.3 Å². The lowest BCUT2D eigenvalue weighted by atomic mass is 10.3. The molecule has 0 saturated carbocycles. The smallest absolute Gasteiger partial charge is 0.240 e. The van der Waals surface area contributed by atoms with Crippen LogP contribution in [-0.2, 0) is 14.8 Å². The highest BCUT2D eigenvalue weighted by Crippen LogP contribution is 2.15. The minimum atomic E-state index is -3.52. The summed E-state index contributed by atoms with van der Waals surface area (Å²) in [6, 6.07) is 6.14. The largest absolute Gasteiger partial charge is 0.325 e. The number of hydrogen-bond donors (Lipinski definition) is 2. The molecule has 1 atom stereocenters. The Balaban J connectivity index is 1.90. The Bertz CT molecular complexity index is 668. The topological polar surface area (TPSA) is 81.8 Å². The molecule has 1 aromatic carbocycles. The molecular weight excluding hydrogens is 340 g/mol. The van der Waals surface area contributed by atoms with Crippen molar-refractivity contribution in [2.75, 3.05) is 45.1 Å². The molecule has 2 rings (SSSR count). The van der Waals surface area contributed by atoms with E-state index in [0.29, 0.717) is 12.2 Å². The summed E-state index contributed by atoms with van der Waals surface area (Å²) < 4.78 is 27.0. The molecule has 1 heterocycles. The standard InChI is InChI=1S/C17H28N4O3S/c1-4-14(2)19-25(23,24)16-7-5-15(6-8-16)18-17(22)13-21-11-9-20(3)10-12-21/h5-8,14,19H,4,9-13H2,1-3H3,(H,18,22)/t14-/m0/s1. The summed E-state index contributed by atoms with van der Waals surface area (Å²) in [6.45, 7) is 7.77. The zero-order valence-corrected chi connectivity index (χ0v) is 16.0. The van der Waals surface area contributed by atoms with Gasteiger partial charge in [0, 0.05) is 37.9 Å². The van der Waals surface area contributed by atoms with Gasteiger partial charge < -0.3 is 10.2 Å². The molecule has 2 N–H and O–H groups in total. The summed E-state index contributed by atoms with van der Waals surface area (Å²) in [7, 11) is -1.45. The summed E-state index contributed by atoms with van der Waals surface area (Å²) in [5, 5.41) is 2.82. The molecule has 1 aliphatic rings. The van der Waals surface area contributed by atoms with Crippen LogP contribution in [0, 0.1) is 0 Å². The Morgan fingerprint density at radius 2 is 1.76 bits per heavy atom. The number of rotatable bonds is 7. The number of benzene rings is 1. The number of hydrogen-bond acceptors (Lipinski definition) is 5. The van der Waals surface area contributed by atoms with E-state index in [1.165, 1.54) is 12.1 Å². The van der Waals surface area contributed by atoms with Gasteiger partial charge in [-0.2, -0.15) is 0 Å². The maximum absolute atomic E-state index is 12.2. The van der Waals surface area contributed by atoms with Crippen LogP contribution in [0.4, 0.5) is 5.69 Å². The Labute approximate surface area is 150 Å². The molecule has 0 radical (unpaired) electrons. The minimum Gasteiger partial charge on any atom is -0.325 e. The van der Waals surface area contributed by atoms with Crippen molar-refractivity contribution in [3.05, 3.63) is 24.3 Å². The van der Waals surface area contributed by atoms with Gasteiger partial charge >= 0.3 is 0 Å². The van der Waals surface area contributed by atoms with Crippen LogP contribution < -0.4 is 10.0 Å². The Hall–Kier alpha value is -1.48. The molecule has 1 aliphatic heterocycles. The van der Waals surface area contributed by atoms with Crippen LogP contribution in [0.15, 0.2) is 29.2 Å². The maximum atomic E-state index is 12.2. The van der Waals surface area contributed by atoms with Crippen molar-refractivity contribution in [3.63, 3.8) is 0 Å². The molecule has 0 unspecified atom stereocenters. The van der Waals surface area contributed by atoms with Crippen molar-refractivity contribution in [3.8, 4) is 0 Å². The number of nitrogens with one attached hydrogen (secondary N) is 2. The molecule has 1 saturated heterocycles. The fourth-order valence-corrected chi connectivity index (χ4v) is 3.87. The van der Waals surface area contributed by atoms with E-state index in [2.05, 4.69) is 26.9 Å². The number of anilines is 1. The number of carbonyl (C=O) groups excluding carboxylic acids is 1. The second-order valence-corrected chi connectivity index (χ2v) is 8.30. The van der Waals surface area contributed by atoms with Crippen molar-refractivity contribution >= 4 is 21.6 Å². The van der Waals surface area contributed by atoms with E-state index in [9.17, 15) is 13.2 Å². The Morgan fingerprint density at radius 3 is 2.32 bits per heavy atom. The highest BCUT2D eigenvalue weighted by Gasteiger charge is 2.18. The lowest BCUT2D eigenvalue weighted by Crippen LogP contribution is -2.47. The summed E-state index contributed by atoms with van der Waals surface area (Å²) in [6.07, 6.45) is 0.722. The summed E-state index contributed by atoms with van der Waals surface area (Å²) in [5.41, 5.74) is 0.599. The average molecular weight is 369 g/mol. The molecule has 0 aliphatic carbocycles.